The Hall–Kier alpha value is -1.56. The minimum atomic E-state index is -1.24. The Balaban J connectivity index is 2.62. The summed E-state index contributed by atoms with van der Waals surface area (Å²) in [7, 11) is 0. The van der Waals surface area contributed by atoms with Crippen LogP contribution in [0.25, 0.3) is 0 Å². The highest BCUT2D eigenvalue weighted by molar-refractivity contribution is 6.80. The molecule has 0 saturated carbocycles. The van der Waals surface area contributed by atoms with Crippen molar-refractivity contribution in [1.82, 2.24) is 0 Å². The van der Waals surface area contributed by atoms with Gasteiger partial charge in [-0.15, -0.1) is 0 Å². The molecule has 76 valence electrons. The van der Waals surface area contributed by atoms with Crippen LogP contribution >= 0.6 is 11.6 Å². The fourth-order valence-corrected chi connectivity index (χ4v) is 0.749. The quantitative estimate of drug-likeness (QED) is 0.415. The molecule has 0 aliphatic rings. The summed E-state index contributed by atoms with van der Waals surface area (Å²) in [6, 6.07) is 0. The van der Waals surface area contributed by atoms with Crippen molar-refractivity contribution in [2.45, 2.75) is 13.5 Å². The summed E-state index contributed by atoms with van der Waals surface area (Å²) in [5, 5.41) is -1.24. The SMILES string of the molecule is Cc1oc(=O)oc1COC(=O)C(=O)Cl. The fourth-order valence-electron chi connectivity index (χ4n) is 0.694. The van der Waals surface area contributed by atoms with E-state index in [1.807, 2.05) is 0 Å². The molecule has 0 fully saturated rings. The summed E-state index contributed by atoms with van der Waals surface area (Å²) >= 11 is 4.81. The molecule has 6 nitrogen and oxygen atoms in total. The van der Waals surface area contributed by atoms with Crippen LogP contribution in [0.2, 0.25) is 0 Å². The van der Waals surface area contributed by atoms with Gasteiger partial charge in [-0.2, -0.15) is 0 Å². The monoisotopic (exact) mass is 220 g/mol. The highest BCUT2D eigenvalue weighted by Gasteiger charge is 2.15. The second kappa shape index (κ2) is 4.10. The number of aryl methyl sites for hydroxylation is 1. The van der Waals surface area contributed by atoms with Crippen molar-refractivity contribution in [2.75, 3.05) is 0 Å². The van der Waals surface area contributed by atoms with E-state index in [0.717, 1.165) is 0 Å². The van der Waals surface area contributed by atoms with E-state index in [0.29, 0.717) is 0 Å². The summed E-state index contributed by atoms with van der Waals surface area (Å²) in [5.41, 5.74) is 0. The molecule has 1 aromatic rings. The molecule has 0 aliphatic heterocycles. The molecule has 0 spiro atoms. The Bertz CT molecular complexity index is 414. The van der Waals surface area contributed by atoms with Crippen LogP contribution in [-0.2, 0) is 20.9 Å². The molecule has 0 radical (unpaired) electrons. The molecule has 1 heterocycles. The average molecular weight is 221 g/mol. The minimum Gasteiger partial charge on any atom is -0.451 e. The standard InChI is InChI=1S/C7H5ClO6/c1-3-4(14-7(11)13-3)2-12-6(10)5(8)9/h2H2,1H3. The van der Waals surface area contributed by atoms with Crippen molar-refractivity contribution < 1.29 is 23.2 Å². The van der Waals surface area contributed by atoms with E-state index >= 15 is 0 Å². The molecule has 0 unspecified atom stereocenters. The molecule has 1 aromatic heterocycles. The van der Waals surface area contributed by atoms with E-state index in [4.69, 9.17) is 11.6 Å². The van der Waals surface area contributed by atoms with Crippen molar-refractivity contribution in [1.29, 1.82) is 0 Å². The molecule has 7 heteroatoms. The van der Waals surface area contributed by atoms with Gasteiger partial charge in [0.05, 0.1) is 0 Å². The first kappa shape index (κ1) is 10.5. The maximum atomic E-state index is 10.6. The van der Waals surface area contributed by atoms with Crippen molar-refractivity contribution in [3.63, 3.8) is 0 Å². The third kappa shape index (κ3) is 2.46. The molecule has 0 bridgehead atoms. The number of halogens is 1. The van der Waals surface area contributed by atoms with Crippen molar-refractivity contribution in [3.05, 3.63) is 22.1 Å². The Kier molecular flexibility index (Phi) is 3.08. The smallest absolute Gasteiger partial charge is 0.451 e. The Labute approximate surface area is 82.4 Å². The zero-order chi connectivity index (χ0) is 10.7. The summed E-state index contributed by atoms with van der Waals surface area (Å²) < 4.78 is 13.3. The topological polar surface area (TPSA) is 86.7 Å². The highest BCUT2D eigenvalue weighted by Crippen LogP contribution is 2.06. The van der Waals surface area contributed by atoms with E-state index in [9.17, 15) is 14.4 Å². The van der Waals surface area contributed by atoms with Gasteiger partial charge in [-0.3, -0.25) is 4.79 Å². The van der Waals surface area contributed by atoms with Crippen molar-refractivity contribution >= 4 is 22.8 Å². The molecule has 0 N–H and O–H groups in total. The number of carbonyl (C=O) groups is 2. The minimum absolute atomic E-state index is 0.0428. The lowest BCUT2D eigenvalue weighted by molar-refractivity contribution is -0.151. The maximum absolute atomic E-state index is 10.6. The lowest BCUT2D eigenvalue weighted by Gasteiger charge is -1.97. The van der Waals surface area contributed by atoms with Gasteiger partial charge in [0.25, 0.3) is 0 Å². The van der Waals surface area contributed by atoms with Crippen LogP contribution in [0.3, 0.4) is 0 Å². The van der Waals surface area contributed by atoms with Crippen molar-refractivity contribution in [3.8, 4) is 0 Å². The molecular weight excluding hydrogens is 216 g/mol. The predicted octanol–water partition coefficient (Wildman–Crippen LogP) is 0.350. The zero-order valence-electron chi connectivity index (χ0n) is 7.03. The van der Waals surface area contributed by atoms with E-state index in [-0.39, 0.29) is 18.1 Å². The predicted molar refractivity (Wildman–Crippen MR) is 42.6 cm³/mol. The largest absolute Gasteiger partial charge is 0.519 e. The first-order chi connectivity index (χ1) is 6.50. The second-order valence-corrected chi connectivity index (χ2v) is 2.63. The number of hydrogen-bond donors (Lipinski definition) is 0. The molecule has 14 heavy (non-hydrogen) atoms. The molecule has 1 rings (SSSR count). The molecule has 0 aromatic carbocycles. The average Bonchev–Trinajstić information content (AvgIpc) is 2.40. The van der Waals surface area contributed by atoms with E-state index < -0.39 is 17.0 Å². The second-order valence-electron chi connectivity index (χ2n) is 2.28. The number of ether oxygens (including phenoxy) is 1. The van der Waals surface area contributed by atoms with Gasteiger partial charge in [0.2, 0.25) is 0 Å². The first-order valence-electron chi connectivity index (χ1n) is 3.46. The lowest BCUT2D eigenvalue weighted by atomic mass is 10.4. The Morgan fingerprint density at radius 3 is 2.50 bits per heavy atom. The number of carbonyl (C=O) groups excluding carboxylic acids is 2. The van der Waals surface area contributed by atoms with Gasteiger partial charge in [0.1, 0.15) is 0 Å². The van der Waals surface area contributed by atoms with E-state index in [2.05, 4.69) is 13.6 Å². The molecular formula is C7H5ClO6. The van der Waals surface area contributed by atoms with Crippen LogP contribution in [0.1, 0.15) is 11.5 Å². The van der Waals surface area contributed by atoms with Gasteiger partial charge < -0.3 is 13.6 Å². The van der Waals surface area contributed by atoms with Gasteiger partial charge in [-0.05, 0) is 18.5 Å². The highest BCUT2D eigenvalue weighted by atomic mass is 35.5. The van der Waals surface area contributed by atoms with E-state index in [1.165, 1.54) is 6.92 Å². The zero-order valence-corrected chi connectivity index (χ0v) is 7.79. The van der Waals surface area contributed by atoms with Crippen LogP contribution in [0, 0.1) is 6.92 Å². The third-order valence-electron chi connectivity index (χ3n) is 1.33. The summed E-state index contributed by atoms with van der Waals surface area (Å²) in [6.07, 6.45) is 0. The van der Waals surface area contributed by atoms with Gasteiger partial charge in [-0.1, -0.05) is 0 Å². The van der Waals surface area contributed by atoms with Gasteiger partial charge in [0, 0.05) is 0 Å². The van der Waals surface area contributed by atoms with Crippen LogP contribution < -0.4 is 5.82 Å². The number of rotatable bonds is 3. The maximum Gasteiger partial charge on any atom is 0.519 e. The molecule has 0 saturated heterocycles. The van der Waals surface area contributed by atoms with Crippen LogP contribution in [0.15, 0.2) is 13.6 Å². The Morgan fingerprint density at radius 1 is 1.43 bits per heavy atom. The van der Waals surface area contributed by atoms with Gasteiger partial charge >= 0.3 is 17.0 Å². The number of hydrogen-bond acceptors (Lipinski definition) is 6. The normalized spacial score (nSPS) is 9.86. The summed E-state index contributed by atoms with van der Waals surface area (Å²) in [5.74, 6) is -1.88. The van der Waals surface area contributed by atoms with Gasteiger partial charge in [0.15, 0.2) is 18.1 Å². The van der Waals surface area contributed by atoms with Crippen LogP contribution in [-0.4, -0.2) is 11.2 Å². The first-order valence-corrected chi connectivity index (χ1v) is 3.84. The fraction of sp³-hybridized carbons (Fsp3) is 0.286. The molecule has 0 aliphatic carbocycles. The summed E-state index contributed by atoms with van der Waals surface area (Å²) in [6.45, 7) is 1.09. The molecule has 0 amide bonds. The summed E-state index contributed by atoms with van der Waals surface area (Å²) in [4.78, 5) is 31.3. The Morgan fingerprint density at radius 2 is 2.07 bits per heavy atom. The van der Waals surface area contributed by atoms with E-state index in [1.54, 1.807) is 0 Å². The third-order valence-corrected chi connectivity index (χ3v) is 1.48. The molecule has 0 atom stereocenters. The van der Waals surface area contributed by atoms with Crippen LogP contribution in [0.5, 0.6) is 0 Å². The lowest BCUT2D eigenvalue weighted by Crippen LogP contribution is -2.11. The van der Waals surface area contributed by atoms with Crippen molar-refractivity contribution in [2.24, 2.45) is 0 Å². The number of esters is 1. The van der Waals surface area contributed by atoms with Crippen LogP contribution in [0.4, 0.5) is 0 Å². The van der Waals surface area contributed by atoms with Gasteiger partial charge in [-0.25, -0.2) is 9.59 Å².